The van der Waals surface area contributed by atoms with Crippen molar-refractivity contribution < 1.29 is 0 Å². The van der Waals surface area contributed by atoms with E-state index in [4.69, 9.17) is 0 Å². The smallest absolute Gasteiger partial charge is 0.0140 e. The van der Waals surface area contributed by atoms with Crippen LogP contribution >= 0.6 is 0 Å². The van der Waals surface area contributed by atoms with Crippen LogP contribution < -0.4 is 0 Å². The summed E-state index contributed by atoms with van der Waals surface area (Å²) in [5.74, 6) is 1.89. The van der Waals surface area contributed by atoms with Crippen molar-refractivity contribution in [3.63, 3.8) is 0 Å². The fourth-order valence-corrected chi connectivity index (χ4v) is 3.10. The molecule has 0 aliphatic heterocycles. The zero-order valence-corrected chi connectivity index (χ0v) is 9.77. The number of fused-ring (bicyclic) bond motifs is 1. The predicted octanol–water partition coefficient (Wildman–Crippen LogP) is 4.48. The van der Waals surface area contributed by atoms with Gasteiger partial charge in [-0.25, -0.2) is 0 Å². The molecule has 2 aliphatic rings. The number of hydrogen-bond donors (Lipinski definition) is 0. The molecule has 0 saturated heterocycles. The minimum absolute atomic E-state index is 0.891. The summed E-state index contributed by atoms with van der Waals surface area (Å²) in [7, 11) is 0. The largest absolute Gasteiger partial charge is 0.0853 e. The molecule has 0 N–H and O–H groups in total. The lowest BCUT2D eigenvalue weighted by Crippen LogP contribution is -2.24. The summed E-state index contributed by atoms with van der Waals surface area (Å²) in [6.45, 7) is 6.89. The zero-order chi connectivity index (χ0) is 10.1. The summed E-state index contributed by atoms with van der Waals surface area (Å²) in [4.78, 5) is 0. The normalized spacial score (nSPS) is 32.2. The van der Waals surface area contributed by atoms with Gasteiger partial charge in [-0.2, -0.15) is 0 Å². The maximum atomic E-state index is 2.47. The molecule has 2 rings (SSSR count). The molecule has 0 radical (unpaired) electrons. The van der Waals surface area contributed by atoms with Crippen LogP contribution in [0.4, 0.5) is 0 Å². The van der Waals surface area contributed by atoms with Crippen LogP contribution in [0.1, 0.15) is 52.9 Å². The summed E-state index contributed by atoms with van der Waals surface area (Å²) < 4.78 is 0. The third-order valence-electron chi connectivity index (χ3n) is 4.15. The molecule has 0 heterocycles. The molecule has 0 amide bonds. The molecule has 0 heteroatoms. The first-order valence-electron chi connectivity index (χ1n) is 6.00. The maximum Gasteiger partial charge on any atom is -0.0140 e. The molecule has 1 saturated carbocycles. The van der Waals surface area contributed by atoms with E-state index >= 15 is 0 Å². The van der Waals surface area contributed by atoms with Gasteiger partial charge in [0.1, 0.15) is 0 Å². The number of hydrogen-bond acceptors (Lipinski definition) is 0. The molecule has 2 aliphatic carbocycles. The van der Waals surface area contributed by atoms with E-state index in [9.17, 15) is 0 Å². The summed E-state index contributed by atoms with van der Waals surface area (Å²) in [6, 6.07) is 0. The average molecular weight is 190 g/mol. The van der Waals surface area contributed by atoms with Crippen molar-refractivity contribution in [3.8, 4) is 0 Å². The summed E-state index contributed by atoms with van der Waals surface area (Å²) in [5, 5.41) is 0. The second kappa shape index (κ2) is 3.92. The minimum Gasteiger partial charge on any atom is -0.0853 e. The van der Waals surface area contributed by atoms with Gasteiger partial charge in [0.25, 0.3) is 0 Å². The van der Waals surface area contributed by atoms with Gasteiger partial charge in [0.2, 0.25) is 0 Å². The second-order valence-corrected chi connectivity index (χ2v) is 5.24. The average Bonchev–Trinajstić information content (AvgIpc) is 2.18. The number of rotatable bonds is 0. The third-order valence-corrected chi connectivity index (χ3v) is 4.15. The summed E-state index contributed by atoms with van der Waals surface area (Å²) in [5.41, 5.74) is 4.97. The highest BCUT2D eigenvalue weighted by atomic mass is 14.3. The van der Waals surface area contributed by atoms with Crippen LogP contribution in [-0.4, -0.2) is 0 Å². The van der Waals surface area contributed by atoms with E-state index in [1.807, 2.05) is 0 Å². The first kappa shape index (κ1) is 10.0. The highest BCUT2D eigenvalue weighted by Crippen LogP contribution is 2.43. The van der Waals surface area contributed by atoms with Crippen LogP contribution in [0.15, 0.2) is 22.8 Å². The molecule has 0 aromatic rings. The summed E-state index contributed by atoms with van der Waals surface area (Å²) >= 11 is 0. The maximum absolute atomic E-state index is 2.47. The van der Waals surface area contributed by atoms with Gasteiger partial charge in [0.05, 0.1) is 0 Å². The van der Waals surface area contributed by atoms with Gasteiger partial charge in [-0.1, -0.05) is 22.8 Å². The monoisotopic (exact) mass is 190 g/mol. The van der Waals surface area contributed by atoms with Crippen molar-refractivity contribution in [2.75, 3.05) is 0 Å². The van der Waals surface area contributed by atoms with E-state index < -0.39 is 0 Å². The molecule has 0 aromatic carbocycles. The third kappa shape index (κ3) is 1.80. The SMILES string of the molecule is CC1=CCCC2CCC(=C(C)C)CC12. The standard InChI is InChI=1S/C14H22/c1-10(2)13-8-7-12-6-4-5-11(3)14(12)9-13/h5,12,14H,4,6-9H2,1-3H3. The molecule has 1 fully saturated rings. The van der Waals surface area contributed by atoms with E-state index in [1.54, 1.807) is 16.7 Å². The van der Waals surface area contributed by atoms with Gasteiger partial charge >= 0.3 is 0 Å². The van der Waals surface area contributed by atoms with Gasteiger partial charge in [-0.05, 0) is 64.7 Å². The molecular formula is C14H22. The molecule has 0 spiro atoms. The highest BCUT2D eigenvalue weighted by Gasteiger charge is 2.30. The molecule has 0 bridgehead atoms. The molecular weight excluding hydrogens is 168 g/mol. The van der Waals surface area contributed by atoms with Crippen LogP contribution in [-0.2, 0) is 0 Å². The quantitative estimate of drug-likeness (QED) is 0.494. The molecule has 0 aromatic heterocycles. The Balaban J connectivity index is 2.17. The Morgan fingerprint density at radius 3 is 2.79 bits per heavy atom. The van der Waals surface area contributed by atoms with E-state index in [0.29, 0.717) is 0 Å². The topological polar surface area (TPSA) is 0 Å². The predicted molar refractivity (Wildman–Crippen MR) is 62.2 cm³/mol. The van der Waals surface area contributed by atoms with Crippen LogP contribution in [0.25, 0.3) is 0 Å². The van der Waals surface area contributed by atoms with Crippen molar-refractivity contribution in [1.82, 2.24) is 0 Å². The van der Waals surface area contributed by atoms with Crippen LogP contribution in [0.2, 0.25) is 0 Å². The lowest BCUT2D eigenvalue weighted by atomic mass is 9.68. The Labute approximate surface area is 88.1 Å². The van der Waals surface area contributed by atoms with Crippen molar-refractivity contribution >= 4 is 0 Å². The lowest BCUT2D eigenvalue weighted by Gasteiger charge is -2.37. The van der Waals surface area contributed by atoms with Crippen molar-refractivity contribution in [1.29, 1.82) is 0 Å². The molecule has 0 nitrogen and oxygen atoms in total. The van der Waals surface area contributed by atoms with Crippen molar-refractivity contribution in [2.24, 2.45) is 11.8 Å². The van der Waals surface area contributed by atoms with Crippen LogP contribution in [0.5, 0.6) is 0 Å². The minimum atomic E-state index is 0.891. The van der Waals surface area contributed by atoms with Crippen molar-refractivity contribution in [3.05, 3.63) is 22.8 Å². The Bertz CT molecular complexity index is 276. The van der Waals surface area contributed by atoms with E-state index in [-0.39, 0.29) is 0 Å². The first-order valence-corrected chi connectivity index (χ1v) is 6.00. The van der Waals surface area contributed by atoms with Crippen molar-refractivity contribution in [2.45, 2.75) is 52.9 Å². The molecule has 2 atom stereocenters. The molecule has 14 heavy (non-hydrogen) atoms. The second-order valence-electron chi connectivity index (χ2n) is 5.24. The molecule has 2 unspecified atom stereocenters. The fraction of sp³-hybridized carbons (Fsp3) is 0.714. The number of allylic oxidation sites excluding steroid dienone is 4. The van der Waals surface area contributed by atoms with Gasteiger partial charge in [-0.3, -0.25) is 0 Å². The van der Waals surface area contributed by atoms with E-state index in [2.05, 4.69) is 26.8 Å². The Morgan fingerprint density at radius 1 is 1.29 bits per heavy atom. The van der Waals surface area contributed by atoms with Gasteiger partial charge < -0.3 is 0 Å². The van der Waals surface area contributed by atoms with Crippen LogP contribution in [0, 0.1) is 11.8 Å². The Hall–Kier alpha value is -0.520. The van der Waals surface area contributed by atoms with Crippen LogP contribution in [0.3, 0.4) is 0 Å². The Kier molecular flexibility index (Phi) is 2.80. The van der Waals surface area contributed by atoms with Gasteiger partial charge in [0.15, 0.2) is 0 Å². The fourth-order valence-electron chi connectivity index (χ4n) is 3.10. The van der Waals surface area contributed by atoms with E-state index in [1.165, 1.54) is 32.1 Å². The Morgan fingerprint density at radius 2 is 2.07 bits per heavy atom. The summed E-state index contributed by atoms with van der Waals surface area (Å²) in [6.07, 6.45) is 9.41. The van der Waals surface area contributed by atoms with Gasteiger partial charge in [0, 0.05) is 0 Å². The molecule has 78 valence electrons. The van der Waals surface area contributed by atoms with Gasteiger partial charge in [-0.15, -0.1) is 0 Å². The zero-order valence-electron chi connectivity index (χ0n) is 9.77. The first-order chi connectivity index (χ1) is 6.68. The lowest BCUT2D eigenvalue weighted by molar-refractivity contribution is 0.282. The van der Waals surface area contributed by atoms with E-state index in [0.717, 1.165) is 11.8 Å². The highest BCUT2D eigenvalue weighted by molar-refractivity contribution is 5.20.